The fraction of sp³-hybridized carbons (Fsp3) is 0.375. The van der Waals surface area contributed by atoms with E-state index in [1.807, 2.05) is 0 Å². The molecule has 2 rings (SSSR count). The van der Waals surface area contributed by atoms with Gasteiger partial charge in [0, 0.05) is 30.5 Å². The van der Waals surface area contributed by atoms with Gasteiger partial charge in [-0.25, -0.2) is 8.42 Å². The second kappa shape index (κ2) is 7.41. The van der Waals surface area contributed by atoms with Crippen LogP contribution in [0.25, 0.3) is 6.08 Å². The van der Waals surface area contributed by atoms with Gasteiger partial charge in [0.2, 0.25) is 5.91 Å². The van der Waals surface area contributed by atoms with Crippen molar-refractivity contribution in [3.05, 3.63) is 41.5 Å². The van der Waals surface area contributed by atoms with E-state index in [1.54, 1.807) is 30.3 Å². The number of sulfone groups is 1. The lowest BCUT2D eigenvalue weighted by Crippen LogP contribution is -2.27. The molecule has 23 heavy (non-hydrogen) atoms. The lowest BCUT2D eigenvalue weighted by molar-refractivity contribution is -0.116. The first-order valence-corrected chi connectivity index (χ1v) is 9.44. The van der Waals surface area contributed by atoms with Crippen LogP contribution < -0.4 is 10.6 Å². The zero-order valence-electron chi connectivity index (χ0n) is 12.9. The van der Waals surface area contributed by atoms with Crippen molar-refractivity contribution in [2.75, 3.05) is 18.6 Å². The van der Waals surface area contributed by atoms with E-state index >= 15 is 0 Å². The van der Waals surface area contributed by atoms with Crippen LogP contribution in [0.3, 0.4) is 0 Å². The smallest absolute Gasteiger partial charge is 0.251 e. The molecule has 2 amide bonds. The SMILES string of the molecule is CS(=O)(=O)CCNC(=O)/C=C/c1ccc(C(=O)NC2CC2)cc1. The zero-order chi connectivity index (χ0) is 16.9. The Bertz CT molecular complexity index is 704. The molecule has 2 N–H and O–H groups in total. The molecule has 1 saturated carbocycles. The van der Waals surface area contributed by atoms with Gasteiger partial charge in [0.25, 0.3) is 5.91 Å². The van der Waals surface area contributed by atoms with Crippen molar-refractivity contribution in [3.8, 4) is 0 Å². The van der Waals surface area contributed by atoms with Gasteiger partial charge in [-0.15, -0.1) is 0 Å². The summed E-state index contributed by atoms with van der Waals surface area (Å²) in [6.07, 6.45) is 6.15. The van der Waals surface area contributed by atoms with Crippen molar-refractivity contribution in [3.63, 3.8) is 0 Å². The van der Waals surface area contributed by atoms with E-state index in [0.29, 0.717) is 11.6 Å². The molecule has 0 heterocycles. The molecule has 0 atom stereocenters. The van der Waals surface area contributed by atoms with Crippen molar-refractivity contribution in [1.29, 1.82) is 0 Å². The van der Waals surface area contributed by atoms with Gasteiger partial charge >= 0.3 is 0 Å². The summed E-state index contributed by atoms with van der Waals surface area (Å²) in [6.45, 7) is 0.0856. The maximum absolute atomic E-state index is 11.8. The van der Waals surface area contributed by atoms with Crippen molar-refractivity contribution in [1.82, 2.24) is 10.6 Å². The van der Waals surface area contributed by atoms with E-state index in [1.165, 1.54) is 6.08 Å². The quantitative estimate of drug-likeness (QED) is 0.719. The second-order valence-electron chi connectivity index (χ2n) is 5.62. The molecule has 6 nitrogen and oxygen atoms in total. The molecule has 0 unspecified atom stereocenters. The lowest BCUT2D eigenvalue weighted by Gasteiger charge is -2.03. The normalized spacial score (nSPS) is 14.7. The average Bonchev–Trinajstić information content (AvgIpc) is 3.28. The molecular formula is C16H20N2O4S. The zero-order valence-corrected chi connectivity index (χ0v) is 13.7. The van der Waals surface area contributed by atoms with E-state index < -0.39 is 9.84 Å². The molecule has 1 aliphatic rings. The number of amides is 2. The molecule has 0 spiro atoms. The van der Waals surface area contributed by atoms with Gasteiger partial charge in [0.05, 0.1) is 5.75 Å². The Kier molecular flexibility index (Phi) is 5.54. The number of benzene rings is 1. The molecule has 7 heteroatoms. The topological polar surface area (TPSA) is 92.3 Å². The Morgan fingerprint density at radius 1 is 1.22 bits per heavy atom. The number of carbonyl (C=O) groups excluding carboxylic acids is 2. The second-order valence-corrected chi connectivity index (χ2v) is 7.88. The molecule has 1 fully saturated rings. The fourth-order valence-corrected chi connectivity index (χ4v) is 2.31. The van der Waals surface area contributed by atoms with Crippen LogP contribution in [-0.4, -0.2) is 44.8 Å². The van der Waals surface area contributed by atoms with E-state index in [9.17, 15) is 18.0 Å². The summed E-state index contributed by atoms with van der Waals surface area (Å²) in [6, 6.07) is 7.24. The van der Waals surface area contributed by atoms with E-state index in [2.05, 4.69) is 10.6 Å². The molecule has 1 aromatic rings. The minimum Gasteiger partial charge on any atom is -0.352 e. The first-order chi connectivity index (χ1) is 10.8. The molecule has 0 radical (unpaired) electrons. The summed E-state index contributed by atoms with van der Waals surface area (Å²) < 4.78 is 21.9. The monoisotopic (exact) mass is 336 g/mol. The average molecular weight is 336 g/mol. The van der Waals surface area contributed by atoms with Crippen molar-refractivity contribution in [2.45, 2.75) is 18.9 Å². The summed E-state index contributed by atoms with van der Waals surface area (Å²) in [5.41, 5.74) is 1.37. The summed E-state index contributed by atoms with van der Waals surface area (Å²) in [4.78, 5) is 23.4. The molecule has 0 aromatic heterocycles. The standard InChI is InChI=1S/C16H20N2O4S/c1-23(21,22)11-10-17-15(19)9-4-12-2-5-13(6-3-12)16(20)18-14-7-8-14/h2-6,9,14H,7-8,10-11H2,1H3,(H,17,19)(H,18,20)/b9-4+. The highest BCUT2D eigenvalue weighted by Crippen LogP contribution is 2.19. The van der Waals surface area contributed by atoms with E-state index in [-0.39, 0.29) is 24.1 Å². The summed E-state index contributed by atoms with van der Waals surface area (Å²) >= 11 is 0. The molecule has 0 bridgehead atoms. The van der Waals surface area contributed by atoms with Gasteiger partial charge in [-0.2, -0.15) is 0 Å². The van der Waals surface area contributed by atoms with E-state index in [4.69, 9.17) is 0 Å². The van der Waals surface area contributed by atoms with Gasteiger partial charge in [0.1, 0.15) is 9.84 Å². The highest BCUT2D eigenvalue weighted by atomic mass is 32.2. The third-order valence-electron chi connectivity index (χ3n) is 3.28. The molecule has 0 aliphatic heterocycles. The third-order valence-corrected chi connectivity index (χ3v) is 4.23. The van der Waals surface area contributed by atoms with Gasteiger partial charge < -0.3 is 10.6 Å². The van der Waals surface area contributed by atoms with Crippen LogP contribution in [-0.2, 0) is 14.6 Å². The predicted octanol–water partition coefficient (Wildman–Crippen LogP) is 0.753. The molecule has 1 aromatic carbocycles. The van der Waals surface area contributed by atoms with E-state index in [0.717, 1.165) is 24.7 Å². The third kappa shape index (κ3) is 6.65. The Morgan fingerprint density at radius 3 is 2.43 bits per heavy atom. The van der Waals surface area contributed by atoms with Crippen LogP contribution in [0.15, 0.2) is 30.3 Å². The first-order valence-electron chi connectivity index (χ1n) is 7.38. The first kappa shape index (κ1) is 17.2. The van der Waals surface area contributed by atoms with Gasteiger partial charge in [-0.1, -0.05) is 12.1 Å². The number of hydrogen-bond acceptors (Lipinski definition) is 4. The number of carbonyl (C=O) groups is 2. The lowest BCUT2D eigenvalue weighted by atomic mass is 10.1. The predicted molar refractivity (Wildman–Crippen MR) is 88.7 cm³/mol. The van der Waals surface area contributed by atoms with Crippen molar-refractivity contribution in [2.24, 2.45) is 0 Å². The highest BCUT2D eigenvalue weighted by Gasteiger charge is 2.23. The van der Waals surface area contributed by atoms with Crippen molar-refractivity contribution < 1.29 is 18.0 Å². The van der Waals surface area contributed by atoms with Gasteiger partial charge in [-0.3, -0.25) is 9.59 Å². The highest BCUT2D eigenvalue weighted by molar-refractivity contribution is 7.90. The minimum atomic E-state index is -3.08. The summed E-state index contributed by atoms with van der Waals surface area (Å²) in [5.74, 6) is -0.525. The molecule has 124 valence electrons. The number of rotatable bonds is 7. The van der Waals surface area contributed by atoms with Crippen LogP contribution in [0.5, 0.6) is 0 Å². The van der Waals surface area contributed by atoms with Gasteiger partial charge in [0.15, 0.2) is 0 Å². The summed E-state index contributed by atoms with van der Waals surface area (Å²) in [7, 11) is -3.08. The molecule has 0 saturated heterocycles. The van der Waals surface area contributed by atoms with Gasteiger partial charge in [-0.05, 0) is 36.6 Å². The van der Waals surface area contributed by atoms with Crippen LogP contribution >= 0.6 is 0 Å². The Morgan fingerprint density at radius 2 is 1.87 bits per heavy atom. The minimum absolute atomic E-state index is 0.0819. The van der Waals surface area contributed by atoms with Crippen LogP contribution in [0.2, 0.25) is 0 Å². The van der Waals surface area contributed by atoms with Crippen LogP contribution in [0, 0.1) is 0 Å². The largest absolute Gasteiger partial charge is 0.352 e. The maximum atomic E-state index is 11.8. The van der Waals surface area contributed by atoms with Crippen LogP contribution in [0.1, 0.15) is 28.8 Å². The Balaban J connectivity index is 1.82. The Hall–Kier alpha value is -2.15. The molecular weight excluding hydrogens is 316 g/mol. The molecule has 1 aliphatic carbocycles. The fourth-order valence-electron chi connectivity index (χ4n) is 1.83. The summed E-state index contributed by atoms with van der Waals surface area (Å²) in [5, 5.41) is 5.40. The Labute approximate surface area is 135 Å². The number of hydrogen-bond donors (Lipinski definition) is 2. The van der Waals surface area contributed by atoms with Crippen molar-refractivity contribution >= 4 is 27.7 Å². The number of nitrogens with one attached hydrogen (secondary N) is 2. The maximum Gasteiger partial charge on any atom is 0.251 e. The van der Waals surface area contributed by atoms with Crippen LogP contribution in [0.4, 0.5) is 0 Å².